The fraction of sp³-hybridized carbons (Fsp3) is 1.00. The molecule has 3 heteroatoms. The highest BCUT2D eigenvalue weighted by Crippen LogP contribution is 2.07. The minimum Gasteiger partial charge on any atom is -0.362 e. The quantitative estimate of drug-likeness (QED) is 0.272. The number of nitrogens with zero attached hydrogens (tertiary/aromatic N) is 1. The van der Waals surface area contributed by atoms with Crippen molar-refractivity contribution in [3.05, 3.63) is 0 Å². The van der Waals surface area contributed by atoms with Crippen LogP contribution in [0.15, 0.2) is 0 Å². The van der Waals surface area contributed by atoms with Gasteiger partial charge in [0.05, 0.1) is 20.7 Å². The van der Waals surface area contributed by atoms with Gasteiger partial charge in [0.15, 0.2) is 4.43 Å². The molecule has 1 fully saturated rings. The Morgan fingerprint density at radius 3 is 2.70 bits per heavy atom. The first kappa shape index (κ1) is 8.74. The molecule has 0 amide bonds. The van der Waals surface area contributed by atoms with Crippen LogP contribution in [0.3, 0.4) is 0 Å². The second-order valence-corrected chi connectivity index (χ2v) is 4.45. The summed E-state index contributed by atoms with van der Waals surface area (Å²) in [4.78, 5) is 0. The van der Waals surface area contributed by atoms with Crippen LogP contribution in [0.25, 0.3) is 0 Å². The third kappa shape index (κ3) is 2.36. The van der Waals surface area contributed by atoms with Gasteiger partial charge in [-0.1, -0.05) is 0 Å². The largest absolute Gasteiger partial charge is 0.362 e. The lowest BCUT2D eigenvalue weighted by molar-refractivity contribution is -0.902. The summed E-state index contributed by atoms with van der Waals surface area (Å²) in [6.45, 7) is 3.28. The maximum Gasteiger partial charge on any atom is 0.255 e. The fourth-order valence-corrected chi connectivity index (χ4v) is 1.84. The summed E-state index contributed by atoms with van der Waals surface area (Å²) in [6.07, 6.45) is 0.508. The summed E-state index contributed by atoms with van der Waals surface area (Å²) in [6, 6.07) is 0. The number of hydrogen-bond donors (Lipinski definition) is 0. The zero-order valence-corrected chi connectivity index (χ0v) is 9.00. The minimum atomic E-state index is 0.508. The average Bonchev–Trinajstić information content (AvgIpc) is 1.86. The SMILES string of the molecule is C[N+]1(C)CCOC(C[IH+])C1. The van der Waals surface area contributed by atoms with Gasteiger partial charge in [0.1, 0.15) is 19.2 Å². The van der Waals surface area contributed by atoms with Crippen molar-refractivity contribution in [3.8, 4) is 0 Å². The molecule has 1 heterocycles. The van der Waals surface area contributed by atoms with Gasteiger partial charge in [-0.3, -0.25) is 0 Å². The standard InChI is InChI=1S/C7H16INO/c1-9(2)3-4-10-7(5-8)6-9/h7-8H,3-6H2,1-2H3/q+2. The van der Waals surface area contributed by atoms with E-state index >= 15 is 0 Å². The van der Waals surface area contributed by atoms with Crippen molar-refractivity contribution in [2.45, 2.75) is 6.10 Å². The Hall–Kier alpha value is 0.650. The molecule has 2 nitrogen and oxygen atoms in total. The van der Waals surface area contributed by atoms with Crippen molar-refractivity contribution in [2.75, 3.05) is 38.2 Å². The van der Waals surface area contributed by atoms with Crippen LogP contribution < -0.4 is 22.6 Å². The zero-order valence-electron chi connectivity index (χ0n) is 6.67. The highest BCUT2D eigenvalue weighted by Gasteiger charge is 2.28. The Morgan fingerprint density at radius 2 is 2.30 bits per heavy atom. The van der Waals surface area contributed by atoms with Crippen molar-refractivity contribution in [1.82, 2.24) is 0 Å². The Kier molecular flexibility index (Phi) is 2.94. The van der Waals surface area contributed by atoms with E-state index in [0.29, 0.717) is 6.10 Å². The first-order chi connectivity index (χ1) is 4.64. The molecule has 0 radical (unpaired) electrons. The number of hydrogen-bond acceptors (Lipinski definition) is 1. The zero-order chi connectivity index (χ0) is 7.61. The maximum absolute atomic E-state index is 5.55. The molecule has 0 N–H and O–H groups in total. The van der Waals surface area contributed by atoms with Gasteiger partial charge in [0, 0.05) is 0 Å². The normalized spacial score (nSPS) is 32.1. The molecular weight excluding hydrogens is 241 g/mol. The molecule has 1 aliphatic heterocycles. The van der Waals surface area contributed by atoms with Gasteiger partial charge < -0.3 is 9.22 Å². The predicted octanol–water partition coefficient (Wildman–Crippen LogP) is -3.25. The number of ether oxygens (including phenoxy) is 1. The van der Waals surface area contributed by atoms with Crippen LogP contribution in [0.4, 0.5) is 0 Å². The summed E-state index contributed by atoms with van der Waals surface area (Å²) in [5.74, 6) is 0. The molecule has 1 atom stereocenters. The molecule has 0 spiro atoms. The van der Waals surface area contributed by atoms with Crippen LogP contribution in [-0.4, -0.2) is 48.8 Å². The molecule has 1 unspecified atom stereocenters. The maximum atomic E-state index is 5.55. The predicted molar refractivity (Wildman–Crippen MR) is 37.8 cm³/mol. The van der Waals surface area contributed by atoms with E-state index in [2.05, 4.69) is 36.7 Å². The fourth-order valence-electron chi connectivity index (χ4n) is 1.26. The van der Waals surface area contributed by atoms with E-state index in [4.69, 9.17) is 4.74 Å². The molecule has 0 saturated carbocycles. The van der Waals surface area contributed by atoms with E-state index in [1.165, 1.54) is 6.54 Å². The summed E-state index contributed by atoms with van der Waals surface area (Å²) in [5.41, 5.74) is 0. The minimum absolute atomic E-state index is 0.508. The third-order valence-electron chi connectivity index (χ3n) is 1.93. The molecule has 1 saturated heterocycles. The first-order valence-electron chi connectivity index (χ1n) is 3.66. The number of likely N-dealkylation sites (N-methyl/N-ethyl adjacent to an activating group) is 1. The van der Waals surface area contributed by atoms with E-state index in [-0.39, 0.29) is 0 Å². The summed E-state index contributed by atoms with van der Waals surface area (Å²) < 4.78 is 7.84. The van der Waals surface area contributed by atoms with Gasteiger partial charge >= 0.3 is 0 Å². The van der Waals surface area contributed by atoms with Crippen LogP contribution in [0.2, 0.25) is 0 Å². The van der Waals surface area contributed by atoms with Crippen molar-refractivity contribution in [3.63, 3.8) is 0 Å². The second-order valence-electron chi connectivity index (χ2n) is 3.50. The van der Waals surface area contributed by atoms with Gasteiger partial charge in [-0.2, -0.15) is 0 Å². The molecule has 1 rings (SSSR count). The monoisotopic (exact) mass is 257 g/mol. The van der Waals surface area contributed by atoms with Crippen LogP contribution in [0.1, 0.15) is 0 Å². The number of rotatable bonds is 1. The van der Waals surface area contributed by atoms with E-state index in [1.807, 2.05) is 0 Å². The molecule has 0 aromatic heterocycles. The molecule has 60 valence electrons. The van der Waals surface area contributed by atoms with Gasteiger partial charge in [0.25, 0.3) is 22.6 Å². The molecular formula is C7H16INO+2. The molecule has 0 aromatic carbocycles. The molecule has 1 aliphatic rings. The van der Waals surface area contributed by atoms with Gasteiger partial charge in [0.2, 0.25) is 0 Å². The first-order valence-corrected chi connectivity index (χ1v) is 5.30. The van der Waals surface area contributed by atoms with Crippen molar-refractivity contribution < 1.29 is 31.8 Å². The van der Waals surface area contributed by atoms with Crippen molar-refractivity contribution in [1.29, 1.82) is 0 Å². The highest BCUT2D eigenvalue weighted by atomic mass is 127. The number of alkyl halides is 1. The van der Waals surface area contributed by atoms with E-state index < -0.39 is 0 Å². The van der Waals surface area contributed by atoms with Crippen molar-refractivity contribution >= 4 is 0 Å². The Morgan fingerprint density at radius 1 is 1.60 bits per heavy atom. The highest BCUT2D eigenvalue weighted by molar-refractivity contribution is 4.57. The van der Waals surface area contributed by atoms with Crippen LogP contribution in [-0.2, 0) is 4.74 Å². The van der Waals surface area contributed by atoms with E-state index in [9.17, 15) is 0 Å². The molecule has 0 aromatic rings. The molecule has 0 aliphatic carbocycles. The van der Waals surface area contributed by atoms with Crippen LogP contribution in [0, 0.1) is 0 Å². The third-order valence-corrected chi connectivity index (χ3v) is 3.00. The lowest BCUT2D eigenvalue weighted by Gasteiger charge is -2.36. The Bertz CT molecular complexity index is 116. The second kappa shape index (κ2) is 3.36. The van der Waals surface area contributed by atoms with Gasteiger partial charge in [-0.05, 0) is 0 Å². The number of quaternary nitrogens is 1. The van der Waals surface area contributed by atoms with E-state index in [1.54, 1.807) is 0 Å². The number of morpholine rings is 1. The van der Waals surface area contributed by atoms with Crippen LogP contribution >= 0.6 is 0 Å². The van der Waals surface area contributed by atoms with Gasteiger partial charge in [-0.25, -0.2) is 0 Å². The van der Waals surface area contributed by atoms with Crippen LogP contribution in [0.5, 0.6) is 0 Å². The summed E-state index contributed by atoms with van der Waals surface area (Å²) in [7, 11) is 4.54. The lowest BCUT2D eigenvalue weighted by atomic mass is 10.3. The Labute approximate surface area is 76.3 Å². The average molecular weight is 257 g/mol. The molecule has 10 heavy (non-hydrogen) atoms. The van der Waals surface area contributed by atoms with Gasteiger partial charge in [-0.15, -0.1) is 0 Å². The smallest absolute Gasteiger partial charge is 0.255 e. The Balaban J connectivity index is 2.40. The number of halogens is 1. The van der Waals surface area contributed by atoms with E-state index in [0.717, 1.165) is 22.1 Å². The van der Waals surface area contributed by atoms with Crippen molar-refractivity contribution in [2.24, 2.45) is 0 Å². The summed E-state index contributed by atoms with van der Waals surface area (Å²) >= 11 is 2.12. The lowest BCUT2D eigenvalue weighted by Crippen LogP contribution is -3.36. The summed E-state index contributed by atoms with van der Waals surface area (Å²) in [5, 5.41) is 0. The topological polar surface area (TPSA) is 9.23 Å². The molecule has 0 bridgehead atoms.